The van der Waals surface area contributed by atoms with Crippen molar-refractivity contribution in [3.05, 3.63) is 5.82 Å². The number of hydrogen-bond donors (Lipinski definition) is 0. The fourth-order valence-corrected chi connectivity index (χ4v) is 2.46. The van der Waals surface area contributed by atoms with Gasteiger partial charge in [0.2, 0.25) is 0 Å². The fourth-order valence-electron chi connectivity index (χ4n) is 2.46. The second-order valence-electron chi connectivity index (χ2n) is 4.03. The Labute approximate surface area is 76.7 Å². The second-order valence-corrected chi connectivity index (χ2v) is 4.03. The molecular weight excluding hydrogens is 166 g/mol. The number of tetrazole rings is 1. The first-order valence-corrected chi connectivity index (χ1v) is 4.81. The average Bonchev–Trinajstić information content (AvgIpc) is 2.77. The van der Waals surface area contributed by atoms with E-state index in [2.05, 4.69) is 20.3 Å². The van der Waals surface area contributed by atoms with Crippen LogP contribution < -0.4 is 0 Å². The second kappa shape index (κ2) is 2.51. The van der Waals surface area contributed by atoms with Gasteiger partial charge in [0, 0.05) is 13.1 Å². The maximum absolute atomic E-state index is 4.28. The zero-order chi connectivity index (χ0) is 8.84. The zero-order valence-corrected chi connectivity index (χ0v) is 7.72. The van der Waals surface area contributed by atoms with Crippen LogP contribution in [0.15, 0.2) is 0 Å². The normalized spacial score (nSPS) is 37.2. The molecule has 0 radical (unpaired) electrons. The number of nitrogens with zero attached hydrogens (tertiary/aromatic N) is 5. The summed E-state index contributed by atoms with van der Waals surface area (Å²) in [6.07, 6.45) is 1.30. The molecule has 5 nitrogen and oxygen atoms in total. The van der Waals surface area contributed by atoms with Crippen molar-refractivity contribution in [1.82, 2.24) is 25.1 Å². The molecule has 1 aromatic rings. The van der Waals surface area contributed by atoms with E-state index < -0.39 is 0 Å². The molecule has 2 aliphatic rings. The van der Waals surface area contributed by atoms with Gasteiger partial charge in [-0.15, -0.1) is 10.2 Å². The van der Waals surface area contributed by atoms with E-state index in [9.17, 15) is 0 Å². The summed E-state index contributed by atoms with van der Waals surface area (Å²) in [5.74, 6) is 1.53. The molecule has 0 aromatic carbocycles. The average molecular weight is 179 g/mol. The Bertz CT molecular complexity index is 320. The number of aromatic nitrogens is 4. The fraction of sp³-hybridized carbons (Fsp3) is 0.875. The van der Waals surface area contributed by atoms with Crippen LogP contribution >= 0.6 is 0 Å². The van der Waals surface area contributed by atoms with E-state index in [4.69, 9.17) is 0 Å². The van der Waals surface area contributed by atoms with E-state index in [1.54, 1.807) is 4.80 Å². The molecule has 3 atom stereocenters. The van der Waals surface area contributed by atoms with Gasteiger partial charge in [0.05, 0.1) is 6.04 Å². The topological polar surface area (TPSA) is 46.8 Å². The minimum Gasteiger partial charge on any atom is -0.301 e. The van der Waals surface area contributed by atoms with E-state index in [1.165, 1.54) is 19.5 Å². The quantitative estimate of drug-likeness (QED) is 0.602. The highest BCUT2D eigenvalue weighted by Crippen LogP contribution is 2.34. The molecule has 0 aliphatic carbocycles. The van der Waals surface area contributed by atoms with Crippen molar-refractivity contribution >= 4 is 0 Å². The molecule has 2 saturated heterocycles. The molecule has 3 rings (SSSR count). The highest BCUT2D eigenvalue weighted by molar-refractivity contribution is 4.92. The van der Waals surface area contributed by atoms with Crippen LogP contribution in [-0.4, -0.2) is 44.7 Å². The van der Waals surface area contributed by atoms with Gasteiger partial charge in [0.15, 0.2) is 5.82 Å². The standard InChI is InChI=1S/C8H13N5/c1-6-9-11-13(10-6)8-5-12-3-2-7(8)4-12/h7-8H,2-5H2,1H3/t7-,8+/m0/s1. The van der Waals surface area contributed by atoms with E-state index in [0.717, 1.165) is 18.3 Å². The van der Waals surface area contributed by atoms with Gasteiger partial charge >= 0.3 is 0 Å². The van der Waals surface area contributed by atoms with Gasteiger partial charge in [-0.2, -0.15) is 4.80 Å². The van der Waals surface area contributed by atoms with Gasteiger partial charge < -0.3 is 4.90 Å². The minimum absolute atomic E-state index is 0.481. The molecule has 1 unspecified atom stereocenters. The highest BCUT2D eigenvalue weighted by atomic mass is 15.6. The lowest BCUT2D eigenvalue weighted by Gasteiger charge is -2.20. The molecule has 70 valence electrons. The van der Waals surface area contributed by atoms with Crippen LogP contribution in [0.3, 0.4) is 0 Å². The molecule has 13 heavy (non-hydrogen) atoms. The molecular formula is C8H13N5. The monoisotopic (exact) mass is 179 g/mol. The van der Waals surface area contributed by atoms with Gasteiger partial charge in [0.25, 0.3) is 0 Å². The Balaban J connectivity index is 1.87. The SMILES string of the molecule is Cc1nnn([C@@H]2CN3CC[C@H]2C3)n1. The Hall–Kier alpha value is -0.970. The van der Waals surface area contributed by atoms with E-state index in [-0.39, 0.29) is 0 Å². The number of rotatable bonds is 1. The van der Waals surface area contributed by atoms with Crippen molar-refractivity contribution in [2.24, 2.45) is 5.92 Å². The third-order valence-electron chi connectivity index (χ3n) is 3.12. The van der Waals surface area contributed by atoms with Crippen molar-refractivity contribution in [2.45, 2.75) is 19.4 Å². The van der Waals surface area contributed by atoms with Crippen molar-refractivity contribution in [3.8, 4) is 0 Å². The number of hydrogen-bond acceptors (Lipinski definition) is 4. The Morgan fingerprint density at radius 2 is 2.31 bits per heavy atom. The summed E-state index contributed by atoms with van der Waals surface area (Å²) in [6.45, 7) is 5.48. The van der Waals surface area contributed by atoms with Gasteiger partial charge in [-0.3, -0.25) is 0 Å². The van der Waals surface area contributed by atoms with E-state index >= 15 is 0 Å². The van der Waals surface area contributed by atoms with Crippen LogP contribution in [0.4, 0.5) is 0 Å². The summed E-state index contributed by atoms with van der Waals surface area (Å²) in [5, 5.41) is 12.3. The Kier molecular flexibility index (Phi) is 1.44. The van der Waals surface area contributed by atoms with Crippen LogP contribution in [0.5, 0.6) is 0 Å². The number of fused-ring (bicyclic) bond motifs is 2. The van der Waals surface area contributed by atoms with Crippen molar-refractivity contribution < 1.29 is 0 Å². The highest BCUT2D eigenvalue weighted by Gasteiger charge is 2.40. The van der Waals surface area contributed by atoms with Gasteiger partial charge in [0.1, 0.15) is 0 Å². The van der Waals surface area contributed by atoms with Crippen LogP contribution in [0.1, 0.15) is 18.3 Å². The Morgan fingerprint density at radius 1 is 1.38 bits per heavy atom. The maximum atomic E-state index is 4.28. The first-order valence-electron chi connectivity index (χ1n) is 4.81. The lowest BCUT2D eigenvalue weighted by Crippen LogP contribution is -2.27. The molecule has 2 fully saturated rings. The predicted octanol–water partition coefficient (Wildman–Crippen LogP) is -0.142. The molecule has 1 aromatic heterocycles. The maximum Gasteiger partial charge on any atom is 0.171 e. The van der Waals surface area contributed by atoms with Gasteiger partial charge in [-0.1, -0.05) is 0 Å². The molecule has 3 heterocycles. The predicted molar refractivity (Wildman–Crippen MR) is 46.1 cm³/mol. The Morgan fingerprint density at radius 3 is 2.85 bits per heavy atom. The zero-order valence-electron chi connectivity index (χ0n) is 7.72. The summed E-state index contributed by atoms with van der Waals surface area (Å²) in [7, 11) is 0. The number of piperidine rings is 1. The smallest absolute Gasteiger partial charge is 0.171 e. The lowest BCUT2D eigenvalue weighted by molar-refractivity contribution is 0.263. The van der Waals surface area contributed by atoms with Crippen LogP contribution in [0.2, 0.25) is 0 Å². The summed E-state index contributed by atoms with van der Waals surface area (Å²) in [4.78, 5) is 4.28. The first-order chi connectivity index (χ1) is 6.33. The van der Waals surface area contributed by atoms with Gasteiger partial charge in [-0.25, -0.2) is 0 Å². The van der Waals surface area contributed by atoms with Gasteiger partial charge in [-0.05, 0) is 31.0 Å². The van der Waals surface area contributed by atoms with Crippen molar-refractivity contribution in [3.63, 3.8) is 0 Å². The summed E-state index contributed by atoms with van der Waals surface area (Å²) in [6, 6.07) is 0.481. The van der Waals surface area contributed by atoms with Crippen LogP contribution in [0.25, 0.3) is 0 Å². The first kappa shape index (κ1) is 7.44. The molecule has 0 amide bonds. The summed E-state index contributed by atoms with van der Waals surface area (Å²) < 4.78 is 0. The molecule has 5 heteroatoms. The molecule has 2 aliphatic heterocycles. The lowest BCUT2D eigenvalue weighted by atomic mass is 10.0. The van der Waals surface area contributed by atoms with Crippen molar-refractivity contribution in [2.75, 3.05) is 19.6 Å². The van der Waals surface area contributed by atoms with Crippen LogP contribution in [-0.2, 0) is 0 Å². The summed E-state index contributed by atoms with van der Waals surface area (Å²) >= 11 is 0. The minimum atomic E-state index is 0.481. The third kappa shape index (κ3) is 1.07. The molecule has 0 N–H and O–H groups in total. The summed E-state index contributed by atoms with van der Waals surface area (Å²) in [5.41, 5.74) is 0. The molecule has 0 spiro atoms. The van der Waals surface area contributed by atoms with E-state index in [0.29, 0.717) is 6.04 Å². The van der Waals surface area contributed by atoms with Crippen molar-refractivity contribution in [1.29, 1.82) is 0 Å². The molecule has 2 bridgehead atoms. The number of aryl methyl sites for hydroxylation is 1. The molecule has 0 saturated carbocycles. The third-order valence-corrected chi connectivity index (χ3v) is 3.12. The van der Waals surface area contributed by atoms with Crippen LogP contribution in [0, 0.1) is 12.8 Å². The van der Waals surface area contributed by atoms with E-state index in [1.807, 2.05) is 6.92 Å². The largest absolute Gasteiger partial charge is 0.301 e.